The van der Waals surface area contributed by atoms with E-state index in [-0.39, 0.29) is 19.0 Å². The maximum Gasteiger partial charge on any atom is 0.257 e. The Kier molecular flexibility index (Phi) is 6.94. The lowest BCUT2D eigenvalue weighted by atomic mass is 10.2. The van der Waals surface area contributed by atoms with E-state index in [9.17, 15) is 8.78 Å². The van der Waals surface area contributed by atoms with Crippen molar-refractivity contribution in [2.75, 3.05) is 11.9 Å². The highest BCUT2D eigenvalue weighted by molar-refractivity contribution is 5.85. The molecule has 0 saturated heterocycles. The van der Waals surface area contributed by atoms with Gasteiger partial charge < -0.3 is 10.1 Å². The van der Waals surface area contributed by atoms with Gasteiger partial charge in [-0.1, -0.05) is 12.1 Å². The summed E-state index contributed by atoms with van der Waals surface area (Å²) in [5.74, 6) is 0.834. The first-order valence-electron chi connectivity index (χ1n) is 6.43. The zero-order chi connectivity index (χ0) is 14.4. The smallest absolute Gasteiger partial charge is 0.257 e. The van der Waals surface area contributed by atoms with Crippen molar-refractivity contribution >= 4 is 18.1 Å². The highest BCUT2D eigenvalue weighted by atomic mass is 35.5. The third kappa shape index (κ3) is 5.59. The van der Waals surface area contributed by atoms with Crippen LogP contribution in [-0.4, -0.2) is 22.8 Å². The largest absolute Gasteiger partial charge is 0.494 e. The lowest BCUT2D eigenvalue weighted by molar-refractivity contribution is 0.122. The Morgan fingerprint density at radius 1 is 1.29 bits per heavy atom. The highest BCUT2D eigenvalue weighted by Crippen LogP contribution is 2.14. The van der Waals surface area contributed by atoms with Gasteiger partial charge in [-0.05, 0) is 24.6 Å². The zero-order valence-corrected chi connectivity index (χ0v) is 12.4. The van der Waals surface area contributed by atoms with Crippen molar-refractivity contribution in [2.24, 2.45) is 0 Å². The molecule has 0 unspecified atom stereocenters. The molecule has 0 aliphatic rings. The summed E-state index contributed by atoms with van der Waals surface area (Å²) in [5, 5.41) is 7.00. The maximum atomic E-state index is 12.2. The molecule has 0 bridgehead atoms. The zero-order valence-electron chi connectivity index (χ0n) is 11.6. The first-order chi connectivity index (χ1) is 9.67. The summed E-state index contributed by atoms with van der Waals surface area (Å²) in [6.07, 6.45) is 0.714. The van der Waals surface area contributed by atoms with Gasteiger partial charge in [0.15, 0.2) is 0 Å². The lowest BCUT2D eigenvalue weighted by Crippen LogP contribution is -2.06. The summed E-state index contributed by atoms with van der Waals surface area (Å²) in [4.78, 5) is 0. The van der Waals surface area contributed by atoms with E-state index in [2.05, 4.69) is 10.4 Å². The standard InChI is InChI=1S/C14H17F2N3O.ClH/c1-2-20-13-5-3-11(4-6-13)7-17-12-8-18-19(9-12)10-14(15)16;/h3-6,8-9,14,17H,2,7,10H2,1H3;1H. The number of aromatic nitrogens is 2. The van der Waals surface area contributed by atoms with E-state index in [0.29, 0.717) is 13.2 Å². The number of alkyl halides is 2. The predicted octanol–water partition coefficient (Wildman–Crippen LogP) is 3.58. The van der Waals surface area contributed by atoms with E-state index in [0.717, 1.165) is 17.0 Å². The fourth-order valence-corrected chi connectivity index (χ4v) is 1.77. The van der Waals surface area contributed by atoms with Gasteiger partial charge in [-0.15, -0.1) is 12.4 Å². The molecule has 1 heterocycles. The summed E-state index contributed by atoms with van der Waals surface area (Å²) in [6, 6.07) is 7.73. The number of ether oxygens (including phenoxy) is 1. The molecule has 0 aliphatic carbocycles. The quantitative estimate of drug-likeness (QED) is 0.848. The average molecular weight is 318 g/mol. The Labute approximate surface area is 128 Å². The number of nitrogens with zero attached hydrogens (tertiary/aromatic N) is 2. The third-order valence-corrected chi connectivity index (χ3v) is 2.69. The lowest BCUT2D eigenvalue weighted by Gasteiger charge is -2.06. The fraction of sp³-hybridized carbons (Fsp3) is 0.357. The van der Waals surface area contributed by atoms with Crippen molar-refractivity contribution in [3.8, 4) is 5.75 Å². The molecule has 1 aromatic carbocycles. The summed E-state index contributed by atoms with van der Waals surface area (Å²) >= 11 is 0. The van der Waals surface area contributed by atoms with Crippen LogP contribution in [0.4, 0.5) is 14.5 Å². The van der Waals surface area contributed by atoms with Gasteiger partial charge in [0.25, 0.3) is 6.43 Å². The van der Waals surface area contributed by atoms with Crippen molar-refractivity contribution < 1.29 is 13.5 Å². The van der Waals surface area contributed by atoms with Crippen LogP contribution in [0.2, 0.25) is 0 Å². The number of hydrogen-bond donors (Lipinski definition) is 1. The molecule has 0 fully saturated rings. The Morgan fingerprint density at radius 3 is 2.62 bits per heavy atom. The minimum Gasteiger partial charge on any atom is -0.494 e. The van der Waals surface area contributed by atoms with Crippen molar-refractivity contribution in [1.82, 2.24) is 9.78 Å². The predicted molar refractivity (Wildman–Crippen MR) is 80.4 cm³/mol. The van der Waals surface area contributed by atoms with Crippen molar-refractivity contribution in [1.29, 1.82) is 0 Å². The molecular formula is C14H18ClF2N3O. The van der Waals surface area contributed by atoms with Crippen molar-refractivity contribution in [3.63, 3.8) is 0 Å². The van der Waals surface area contributed by atoms with Gasteiger partial charge in [0.05, 0.1) is 18.5 Å². The monoisotopic (exact) mass is 317 g/mol. The number of benzene rings is 1. The average Bonchev–Trinajstić information content (AvgIpc) is 2.85. The van der Waals surface area contributed by atoms with Crippen LogP contribution < -0.4 is 10.1 Å². The molecule has 2 rings (SSSR count). The first-order valence-corrected chi connectivity index (χ1v) is 6.43. The molecule has 0 radical (unpaired) electrons. The molecule has 7 heteroatoms. The summed E-state index contributed by atoms with van der Waals surface area (Å²) < 4.78 is 31.0. The van der Waals surface area contributed by atoms with Gasteiger partial charge in [-0.25, -0.2) is 8.78 Å². The van der Waals surface area contributed by atoms with E-state index >= 15 is 0 Å². The molecule has 0 saturated carbocycles. The van der Waals surface area contributed by atoms with E-state index in [4.69, 9.17) is 4.74 Å². The summed E-state index contributed by atoms with van der Waals surface area (Å²) in [6.45, 7) is 2.80. The topological polar surface area (TPSA) is 39.1 Å². The second kappa shape index (κ2) is 8.46. The minimum absolute atomic E-state index is 0. The molecule has 116 valence electrons. The Hall–Kier alpha value is -1.82. The first kappa shape index (κ1) is 17.2. The molecule has 0 spiro atoms. The summed E-state index contributed by atoms with van der Waals surface area (Å²) in [7, 11) is 0. The van der Waals surface area contributed by atoms with Crippen LogP contribution in [0, 0.1) is 0 Å². The van der Waals surface area contributed by atoms with Crippen LogP contribution >= 0.6 is 12.4 Å². The second-order valence-electron chi connectivity index (χ2n) is 4.27. The fourth-order valence-electron chi connectivity index (χ4n) is 1.77. The Balaban J connectivity index is 0.00000220. The van der Waals surface area contributed by atoms with Crippen molar-refractivity contribution in [3.05, 3.63) is 42.2 Å². The molecule has 1 N–H and O–H groups in total. The van der Waals surface area contributed by atoms with Crippen LogP contribution in [0.15, 0.2) is 36.7 Å². The van der Waals surface area contributed by atoms with Crippen LogP contribution in [0.1, 0.15) is 12.5 Å². The third-order valence-electron chi connectivity index (χ3n) is 2.69. The molecular weight excluding hydrogens is 300 g/mol. The van der Waals surface area contributed by atoms with E-state index in [1.54, 1.807) is 6.20 Å². The molecule has 1 aromatic heterocycles. The molecule has 0 atom stereocenters. The number of anilines is 1. The van der Waals surface area contributed by atoms with Gasteiger partial charge in [-0.2, -0.15) is 5.10 Å². The summed E-state index contributed by atoms with van der Waals surface area (Å²) in [5.41, 5.74) is 1.80. The molecule has 0 aliphatic heterocycles. The van der Waals surface area contributed by atoms with Gasteiger partial charge in [0.1, 0.15) is 12.3 Å². The second-order valence-corrected chi connectivity index (χ2v) is 4.27. The number of hydrogen-bond acceptors (Lipinski definition) is 3. The maximum absolute atomic E-state index is 12.2. The van der Waals surface area contributed by atoms with E-state index in [1.807, 2.05) is 31.2 Å². The molecule has 21 heavy (non-hydrogen) atoms. The van der Waals surface area contributed by atoms with Crippen LogP contribution in [-0.2, 0) is 13.1 Å². The van der Waals surface area contributed by atoms with Crippen LogP contribution in [0.5, 0.6) is 5.75 Å². The van der Waals surface area contributed by atoms with Crippen LogP contribution in [0.3, 0.4) is 0 Å². The molecule has 4 nitrogen and oxygen atoms in total. The molecule has 0 amide bonds. The minimum atomic E-state index is -2.39. The highest BCUT2D eigenvalue weighted by Gasteiger charge is 2.05. The number of nitrogens with one attached hydrogen (secondary N) is 1. The normalized spacial score (nSPS) is 10.3. The van der Waals surface area contributed by atoms with E-state index < -0.39 is 6.43 Å². The number of halogens is 3. The van der Waals surface area contributed by atoms with Crippen molar-refractivity contribution in [2.45, 2.75) is 26.4 Å². The molecule has 2 aromatic rings. The Bertz CT molecular complexity index is 531. The van der Waals surface area contributed by atoms with Gasteiger partial charge in [0.2, 0.25) is 0 Å². The Morgan fingerprint density at radius 2 is 2.00 bits per heavy atom. The van der Waals surface area contributed by atoms with Crippen LogP contribution in [0.25, 0.3) is 0 Å². The van der Waals surface area contributed by atoms with Gasteiger partial charge in [-0.3, -0.25) is 4.68 Å². The van der Waals surface area contributed by atoms with E-state index in [1.165, 1.54) is 10.9 Å². The van der Waals surface area contributed by atoms with Gasteiger partial charge >= 0.3 is 0 Å². The SMILES string of the molecule is CCOc1ccc(CNc2cnn(CC(F)F)c2)cc1.Cl. The number of rotatable bonds is 7. The van der Waals surface area contributed by atoms with Gasteiger partial charge in [0, 0.05) is 12.7 Å².